The SMILES string of the molecule is NS(=O)(=O)CCC[S@](=O)Cc1cccc2ccccc12. The quantitative estimate of drug-likeness (QED) is 0.883. The molecule has 0 aromatic heterocycles. The Morgan fingerprint density at radius 2 is 1.75 bits per heavy atom. The molecule has 2 aromatic rings. The summed E-state index contributed by atoms with van der Waals surface area (Å²) < 4.78 is 33.7. The van der Waals surface area contributed by atoms with E-state index in [2.05, 4.69) is 0 Å². The van der Waals surface area contributed by atoms with E-state index in [0.29, 0.717) is 17.9 Å². The number of nitrogens with two attached hydrogens (primary N) is 1. The van der Waals surface area contributed by atoms with Gasteiger partial charge in [-0.15, -0.1) is 0 Å². The van der Waals surface area contributed by atoms with Crippen molar-refractivity contribution in [1.29, 1.82) is 0 Å². The van der Waals surface area contributed by atoms with Crippen LogP contribution in [0.25, 0.3) is 10.8 Å². The highest BCUT2D eigenvalue weighted by atomic mass is 32.2. The molecule has 4 nitrogen and oxygen atoms in total. The van der Waals surface area contributed by atoms with Gasteiger partial charge in [-0.2, -0.15) is 0 Å². The van der Waals surface area contributed by atoms with Gasteiger partial charge in [-0.3, -0.25) is 4.21 Å². The monoisotopic (exact) mass is 311 g/mol. The molecule has 0 aliphatic carbocycles. The van der Waals surface area contributed by atoms with Crippen LogP contribution in [0, 0.1) is 0 Å². The zero-order valence-electron chi connectivity index (χ0n) is 11.0. The first kappa shape index (κ1) is 15.2. The molecule has 0 saturated heterocycles. The highest BCUT2D eigenvalue weighted by molar-refractivity contribution is 7.89. The van der Waals surface area contributed by atoms with Crippen molar-refractivity contribution in [2.24, 2.45) is 5.14 Å². The van der Waals surface area contributed by atoms with Gasteiger partial charge in [0, 0.05) is 22.3 Å². The van der Waals surface area contributed by atoms with Gasteiger partial charge in [0.2, 0.25) is 10.0 Å². The standard InChI is InChI=1S/C14H17NO3S2/c15-20(17,18)10-4-9-19(16)11-13-7-3-6-12-5-1-2-8-14(12)13/h1-3,5-8H,4,9-11H2,(H2,15,17,18)/t19-/m0/s1. The molecule has 0 unspecified atom stereocenters. The molecular weight excluding hydrogens is 294 g/mol. The van der Waals surface area contributed by atoms with Crippen LogP contribution in [0.1, 0.15) is 12.0 Å². The Bertz CT molecular complexity index is 721. The van der Waals surface area contributed by atoms with Crippen LogP contribution in [0.5, 0.6) is 0 Å². The van der Waals surface area contributed by atoms with E-state index in [1.807, 2.05) is 42.5 Å². The number of hydrogen-bond acceptors (Lipinski definition) is 3. The van der Waals surface area contributed by atoms with Crippen molar-refractivity contribution in [3.63, 3.8) is 0 Å². The Labute approximate surface area is 121 Å². The average Bonchev–Trinajstić information content (AvgIpc) is 2.37. The molecule has 0 fully saturated rings. The number of fused-ring (bicyclic) bond motifs is 1. The third kappa shape index (κ3) is 4.40. The van der Waals surface area contributed by atoms with Gasteiger partial charge in [0.1, 0.15) is 0 Å². The second-order valence-corrected chi connectivity index (χ2v) is 7.96. The van der Waals surface area contributed by atoms with Crippen molar-refractivity contribution in [3.05, 3.63) is 48.0 Å². The van der Waals surface area contributed by atoms with Gasteiger partial charge in [-0.1, -0.05) is 42.5 Å². The molecule has 2 aromatic carbocycles. The van der Waals surface area contributed by atoms with E-state index >= 15 is 0 Å². The second-order valence-electron chi connectivity index (χ2n) is 4.65. The Hall–Kier alpha value is -1.24. The molecule has 0 bridgehead atoms. The smallest absolute Gasteiger partial charge is 0.209 e. The van der Waals surface area contributed by atoms with Gasteiger partial charge < -0.3 is 0 Å². The van der Waals surface area contributed by atoms with E-state index in [4.69, 9.17) is 5.14 Å². The van der Waals surface area contributed by atoms with Crippen molar-refractivity contribution in [2.45, 2.75) is 12.2 Å². The molecule has 6 heteroatoms. The molecule has 0 aliphatic heterocycles. The lowest BCUT2D eigenvalue weighted by molar-refractivity contribution is 0.596. The molecule has 0 saturated carbocycles. The Balaban J connectivity index is 2.03. The van der Waals surface area contributed by atoms with Crippen LogP contribution in [0.4, 0.5) is 0 Å². The van der Waals surface area contributed by atoms with Gasteiger partial charge in [-0.05, 0) is 22.8 Å². The summed E-state index contributed by atoms with van der Waals surface area (Å²) in [7, 11) is -4.54. The highest BCUT2D eigenvalue weighted by Gasteiger charge is 2.08. The fraction of sp³-hybridized carbons (Fsp3) is 0.286. The number of benzene rings is 2. The van der Waals surface area contributed by atoms with Crippen molar-refractivity contribution in [2.75, 3.05) is 11.5 Å². The maximum atomic E-state index is 12.0. The lowest BCUT2D eigenvalue weighted by Gasteiger charge is -2.06. The third-order valence-corrected chi connectivity index (χ3v) is 5.23. The number of primary sulfonamides is 1. The van der Waals surface area contributed by atoms with E-state index in [0.717, 1.165) is 16.3 Å². The van der Waals surface area contributed by atoms with Crippen molar-refractivity contribution >= 4 is 31.6 Å². The molecule has 0 spiro atoms. The van der Waals surface area contributed by atoms with E-state index in [9.17, 15) is 12.6 Å². The molecule has 1 atom stereocenters. The van der Waals surface area contributed by atoms with Gasteiger partial charge in [0.25, 0.3) is 0 Å². The lowest BCUT2D eigenvalue weighted by atomic mass is 10.1. The van der Waals surface area contributed by atoms with Crippen molar-refractivity contribution in [3.8, 4) is 0 Å². The van der Waals surface area contributed by atoms with Crippen molar-refractivity contribution < 1.29 is 12.6 Å². The molecule has 0 amide bonds. The minimum Gasteiger partial charge on any atom is -0.259 e. The van der Waals surface area contributed by atoms with Crippen LogP contribution in [0.2, 0.25) is 0 Å². The first-order chi connectivity index (χ1) is 9.46. The van der Waals surface area contributed by atoms with Crippen LogP contribution in [0.15, 0.2) is 42.5 Å². The summed E-state index contributed by atoms with van der Waals surface area (Å²) in [6.07, 6.45) is 0.330. The fourth-order valence-corrected chi connectivity index (χ4v) is 4.02. The Kier molecular flexibility index (Phi) is 4.91. The van der Waals surface area contributed by atoms with Gasteiger partial charge in [0.05, 0.1) is 5.75 Å². The minimum absolute atomic E-state index is 0.117. The second kappa shape index (κ2) is 6.47. The molecule has 0 radical (unpaired) electrons. The number of hydrogen-bond donors (Lipinski definition) is 1. The molecular formula is C14H17NO3S2. The van der Waals surface area contributed by atoms with Gasteiger partial charge in [-0.25, -0.2) is 13.6 Å². The molecule has 0 aliphatic rings. The predicted octanol–water partition coefficient (Wildman–Crippen LogP) is 1.77. The largest absolute Gasteiger partial charge is 0.259 e. The van der Waals surface area contributed by atoms with Crippen LogP contribution >= 0.6 is 0 Å². The van der Waals surface area contributed by atoms with Crippen LogP contribution in [0.3, 0.4) is 0 Å². The molecule has 108 valence electrons. The number of sulfonamides is 1. The van der Waals surface area contributed by atoms with Crippen LogP contribution in [-0.2, 0) is 26.6 Å². The maximum Gasteiger partial charge on any atom is 0.209 e. The summed E-state index contributed by atoms with van der Waals surface area (Å²) in [6, 6.07) is 13.9. The first-order valence-electron chi connectivity index (χ1n) is 6.28. The van der Waals surface area contributed by atoms with Gasteiger partial charge in [0.15, 0.2) is 0 Å². The fourth-order valence-electron chi connectivity index (χ4n) is 2.09. The summed E-state index contributed by atoms with van der Waals surface area (Å²) in [5.41, 5.74) is 1.03. The first-order valence-corrected chi connectivity index (χ1v) is 9.48. The summed E-state index contributed by atoms with van der Waals surface area (Å²) in [5, 5.41) is 7.13. The Morgan fingerprint density at radius 3 is 2.50 bits per heavy atom. The topological polar surface area (TPSA) is 77.2 Å². The van der Waals surface area contributed by atoms with E-state index in [1.165, 1.54) is 0 Å². The summed E-state index contributed by atoms with van der Waals surface area (Å²) in [6.45, 7) is 0. The molecule has 2 rings (SSSR count). The van der Waals surface area contributed by atoms with Crippen molar-refractivity contribution in [1.82, 2.24) is 0 Å². The zero-order valence-corrected chi connectivity index (χ0v) is 12.6. The van der Waals surface area contributed by atoms with Crippen LogP contribution < -0.4 is 5.14 Å². The summed E-state index contributed by atoms with van der Waals surface area (Å²) in [4.78, 5) is 0. The lowest BCUT2D eigenvalue weighted by Crippen LogP contribution is -2.18. The normalized spacial score (nSPS) is 13.4. The predicted molar refractivity (Wildman–Crippen MR) is 83.3 cm³/mol. The molecule has 0 heterocycles. The summed E-state index contributed by atoms with van der Waals surface area (Å²) >= 11 is 0. The van der Waals surface area contributed by atoms with E-state index < -0.39 is 20.8 Å². The maximum absolute atomic E-state index is 12.0. The molecule has 2 N–H and O–H groups in total. The number of rotatable bonds is 6. The highest BCUT2D eigenvalue weighted by Crippen LogP contribution is 2.19. The Morgan fingerprint density at radius 1 is 1.05 bits per heavy atom. The van der Waals surface area contributed by atoms with E-state index in [-0.39, 0.29) is 5.75 Å². The average molecular weight is 311 g/mol. The van der Waals surface area contributed by atoms with E-state index in [1.54, 1.807) is 0 Å². The third-order valence-electron chi connectivity index (χ3n) is 3.00. The summed E-state index contributed by atoms with van der Waals surface area (Å²) in [5.74, 6) is 0.667. The zero-order chi connectivity index (χ0) is 14.6. The molecule has 20 heavy (non-hydrogen) atoms. The minimum atomic E-state index is -3.46. The van der Waals surface area contributed by atoms with Gasteiger partial charge >= 0.3 is 0 Å². The van der Waals surface area contributed by atoms with Crippen LogP contribution in [-0.4, -0.2) is 24.1 Å².